The summed E-state index contributed by atoms with van der Waals surface area (Å²) < 4.78 is 43.5. The van der Waals surface area contributed by atoms with E-state index in [1.165, 1.54) is 0 Å². The second-order valence-corrected chi connectivity index (χ2v) is 10.7. The van der Waals surface area contributed by atoms with Gasteiger partial charge in [0, 0.05) is 32.9 Å². The van der Waals surface area contributed by atoms with Crippen molar-refractivity contribution in [2.45, 2.75) is 44.4 Å². The number of fused-ring (bicyclic) bond motifs is 1. The van der Waals surface area contributed by atoms with Crippen LogP contribution in [0.4, 0.5) is 19.0 Å². The number of nitrogens with zero attached hydrogens (tertiary/aromatic N) is 5. The maximum absolute atomic E-state index is 13.6. The van der Waals surface area contributed by atoms with Gasteiger partial charge < -0.3 is 10.2 Å². The maximum atomic E-state index is 13.6. The van der Waals surface area contributed by atoms with E-state index in [0.717, 1.165) is 29.1 Å². The second-order valence-electron chi connectivity index (χ2n) is 10.2. The third-order valence-corrected chi connectivity index (χ3v) is 7.48. The zero-order valence-electron chi connectivity index (χ0n) is 22.0. The van der Waals surface area contributed by atoms with Gasteiger partial charge in [-0.2, -0.15) is 13.2 Å². The number of aromatic nitrogens is 4. The summed E-state index contributed by atoms with van der Waals surface area (Å²) in [5, 5.41) is 2.67. The highest BCUT2D eigenvalue weighted by Gasteiger charge is 2.38. The number of hydrogen-bond donors (Lipinski definition) is 1. The smallest absolute Gasteiger partial charge is 0.363 e. The Morgan fingerprint density at radius 1 is 1.05 bits per heavy atom. The van der Waals surface area contributed by atoms with E-state index < -0.39 is 23.3 Å². The number of imidazole rings is 1. The molecule has 0 radical (unpaired) electrons. The summed E-state index contributed by atoms with van der Waals surface area (Å²) in [6.45, 7) is 0.493. The summed E-state index contributed by atoms with van der Waals surface area (Å²) >= 11 is 5.82. The molecule has 3 aromatic heterocycles. The molecule has 0 spiro atoms. The number of pyridine rings is 2. The average Bonchev–Trinajstić information content (AvgIpc) is 3.20. The van der Waals surface area contributed by atoms with Crippen molar-refractivity contribution in [3.8, 4) is 5.69 Å². The quantitative estimate of drug-likeness (QED) is 0.338. The van der Waals surface area contributed by atoms with Crippen LogP contribution < -0.4 is 15.9 Å². The van der Waals surface area contributed by atoms with E-state index >= 15 is 0 Å². The Balaban J connectivity index is 1.30. The van der Waals surface area contributed by atoms with Crippen molar-refractivity contribution in [1.82, 2.24) is 24.4 Å². The second kappa shape index (κ2) is 11.0. The van der Waals surface area contributed by atoms with Gasteiger partial charge in [0.15, 0.2) is 5.69 Å². The van der Waals surface area contributed by atoms with Crippen LogP contribution in [0.25, 0.3) is 16.7 Å². The Morgan fingerprint density at radius 2 is 1.75 bits per heavy atom. The number of halogens is 4. The molecule has 4 aromatic rings. The molecule has 3 heterocycles. The molecule has 1 amide bonds. The van der Waals surface area contributed by atoms with Crippen LogP contribution in [0.15, 0.2) is 59.7 Å². The van der Waals surface area contributed by atoms with Crippen molar-refractivity contribution < 1.29 is 18.0 Å². The number of carbonyl (C=O) groups is 1. The molecule has 1 fully saturated rings. The number of hydrogen-bond acceptors (Lipinski definition) is 5. The van der Waals surface area contributed by atoms with E-state index in [4.69, 9.17) is 11.6 Å². The molecule has 0 unspecified atom stereocenters. The molecule has 0 bridgehead atoms. The molecular formula is C28H28ClF3N6O2. The molecule has 1 aliphatic carbocycles. The predicted molar refractivity (Wildman–Crippen MR) is 147 cm³/mol. The lowest BCUT2D eigenvalue weighted by Gasteiger charge is -2.29. The third-order valence-electron chi connectivity index (χ3n) is 7.27. The maximum Gasteiger partial charge on any atom is 0.434 e. The molecule has 8 nitrogen and oxygen atoms in total. The van der Waals surface area contributed by atoms with Gasteiger partial charge in [0.2, 0.25) is 0 Å². The summed E-state index contributed by atoms with van der Waals surface area (Å²) in [5.41, 5.74) is 0.256. The monoisotopic (exact) mass is 572 g/mol. The molecule has 1 saturated carbocycles. The van der Waals surface area contributed by atoms with Crippen LogP contribution >= 0.6 is 11.6 Å². The lowest BCUT2D eigenvalue weighted by Crippen LogP contribution is -2.39. The molecule has 210 valence electrons. The minimum atomic E-state index is -4.77. The largest absolute Gasteiger partial charge is 0.434 e. The van der Waals surface area contributed by atoms with Crippen molar-refractivity contribution in [1.29, 1.82) is 0 Å². The number of anilines is 1. The first-order valence-electron chi connectivity index (χ1n) is 12.9. The van der Waals surface area contributed by atoms with Gasteiger partial charge in [0.25, 0.3) is 5.91 Å². The van der Waals surface area contributed by atoms with Gasteiger partial charge in [-0.15, -0.1) is 0 Å². The van der Waals surface area contributed by atoms with Crippen molar-refractivity contribution in [3.63, 3.8) is 0 Å². The summed E-state index contributed by atoms with van der Waals surface area (Å²) in [5.74, 6) is 0.0996. The highest BCUT2D eigenvalue weighted by Crippen LogP contribution is 2.32. The first kappa shape index (κ1) is 27.7. The van der Waals surface area contributed by atoms with E-state index in [2.05, 4.69) is 15.3 Å². The van der Waals surface area contributed by atoms with Crippen molar-refractivity contribution in [3.05, 3.63) is 81.6 Å². The molecule has 0 aliphatic heterocycles. The predicted octanol–water partition coefficient (Wildman–Crippen LogP) is 5.31. The Hall–Kier alpha value is -3.86. The number of alkyl halides is 3. The van der Waals surface area contributed by atoms with Crippen LogP contribution in [0.1, 0.15) is 41.7 Å². The van der Waals surface area contributed by atoms with Gasteiger partial charge in [0.05, 0.1) is 33.5 Å². The first-order valence-corrected chi connectivity index (χ1v) is 13.3. The molecule has 1 N–H and O–H groups in total. The minimum absolute atomic E-state index is 0.0455. The average molecular weight is 573 g/mol. The SMILES string of the molecule is CN(C)c1ccc(-n2c(=O)n(C[C@H]3CC[C@H](NC(=O)c4cc(Cl)cnc4C(F)(F)F)CC3)c3ccccc32)cn1. The summed E-state index contributed by atoms with van der Waals surface area (Å²) in [6.07, 6.45) is 0.351. The van der Waals surface area contributed by atoms with Gasteiger partial charge >= 0.3 is 11.9 Å². The third kappa shape index (κ3) is 5.56. The Morgan fingerprint density at radius 3 is 2.38 bits per heavy atom. The van der Waals surface area contributed by atoms with Crippen molar-refractivity contribution in [2.24, 2.45) is 5.92 Å². The Kier molecular flexibility index (Phi) is 7.59. The van der Waals surface area contributed by atoms with Crippen LogP contribution in [-0.2, 0) is 12.7 Å². The number of nitrogens with one attached hydrogen (secondary N) is 1. The van der Waals surface area contributed by atoms with Crippen LogP contribution in [0.2, 0.25) is 5.02 Å². The van der Waals surface area contributed by atoms with Crippen LogP contribution in [0.5, 0.6) is 0 Å². The highest BCUT2D eigenvalue weighted by atomic mass is 35.5. The lowest BCUT2D eigenvalue weighted by atomic mass is 9.85. The normalized spacial score (nSPS) is 17.6. The van der Waals surface area contributed by atoms with E-state index in [1.54, 1.807) is 15.3 Å². The molecule has 1 aromatic carbocycles. The molecule has 1 aliphatic rings. The van der Waals surface area contributed by atoms with Crippen LogP contribution in [0, 0.1) is 5.92 Å². The Labute approximate surface area is 233 Å². The number of para-hydroxylation sites is 2. The summed E-state index contributed by atoms with van der Waals surface area (Å²) in [4.78, 5) is 36.0. The number of benzene rings is 1. The molecular weight excluding hydrogens is 545 g/mol. The van der Waals surface area contributed by atoms with Gasteiger partial charge in [0.1, 0.15) is 5.82 Å². The molecule has 12 heteroatoms. The molecule has 5 rings (SSSR count). The van der Waals surface area contributed by atoms with Crippen molar-refractivity contribution in [2.75, 3.05) is 19.0 Å². The number of carbonyl (C=O) groups excluding carboxylic acids is 1. The van der Waals surface area contributed by atoms with Gasteiger partial charge in [-0.25, -0.2) is 14.8 Å². The van der Waals surface area contributed by atoms with E-state index in [0.29, 0.717) is 37.9 Å². The van der Waals surface area contributed by atoms with Crippen molar-refractivity contribution >= 4 is 34.4 Å². The number of amides is 1. The fourth-order valence-corrected chi connectivity index (χ4v) is 5.42. The standard InChI is InChI=1S/C28H28ClF3N6O2/c1-36(2)24-12-11-20(15-33-24)38-23-6-4-3-5-22(23)37(27(38)40)16-17-7-9-19(10-8-17)35-26(39)21-13-18(29)14-34-25(21)28(30,31)32/h3-6,11-15,17,19H,7-10,16H2,1-2H3,(H,35,39)/t17-,19-. The van der Waals surface area contributed by atoms with E-state index in [-0.39, 0.29) is 22.7 Å². The topological polar surface area (TPSA) is 85.0 Å². The molecule has 0 saturated heterocycles. The highest BCUT2D eigenvalue weighted by molar-refractivity contribution is 6.30. The fraction of sp³-hybridized carbons (Fsp3) is 0.357. The fourth-order valence-electron chi connectivity index (χ4n) is 5.26. The first-order chi connectivity index (χ1) is 19.0. The molecule has 40 heavy (non-hydrogen) atoms. The number of rotatable bonds is 6. The molecule has 0 atom stereocenters. The van der Waals surface area contributed by atoms with Crippen LogP contribution in [-0.4, -0.2) is 45.1 Å². The summed E-state index contributed by atoms with van der Waals surface area (Å²) in [7, 11) is 3.79. The van der Waals surface area contributed by atoms with Gasteiger partial charge in [-0.3, -0.25) is 13.9 Å². The van der Waals surface area contributed by atoms with Gasteiger partial charge in [-0.05, 0) is 61.9 Å². The summed E-state index contributed by atoms with van der Waals surface area (Å²) in [6, 6.07) is 12.0. The zero-order chi connectivity index (χ0) is 28.6. The minimum Gasteiger partial charge on any atom is -0.363 e. The van der Waals surface area contributed by atoms with E-state index in [1.807, 2.05) is 55.4 Å². The lowest BCUT2D eigenvalue weighted by molar-refractivity contribution is -0.141. The Bertz CT molecular complexity index is 1590. The van der Waals surface area contributed by atoms with Crippen LogP contribution in [0.3, 0.4) is 0 Å². The van der Waals surface area contributed by atoms with Gasteiger partial charge in [-0.1, -0.05) is 23.7 Å². The van der Waals surface area contributed by atoms with E-state index in [9.17, 15) is 22.8 Å². The zero-order valence-corrected chi connectivity index (χ0v) is 22.7.